The van der Waals surface area contributed by atoms with Crippen molar-refractivity contribution in [2.75, 3.05) is 13.2 Å². The van der Waals surface area contributed by atoms with Crippen LogP contribution in [-0.4, -0.2) is 40.1 Å². The summed E-state index contributed by atoms with van der Waals surface area (Å²) in [5.74, 6) is -0.0107. The van der Waals surface area contributed by atoms with Gasteiger partial charge in [-0.2, -0.15) is 0 Å². The van der Waals surface area contributed by atoms with E-state index < -0.39 is 0 Å². The Morgan fingerprint density at radius 1 is 1.44 bits per heavy atom. The average molecular weight is 248 g/mol. The van der Waals surface area contributed by atoms with E-state index in [2.05, 4.69) is 4.98 Å². The van der Waals surface area contributed by atoms with Crippen molar-refractivity contribution >= 4 is 5.91 Å². The molecule has 1 aromatic rings. The molecular weight excluding hydrogens is 228 g/mol. The van der Waals surface area contributed by atoms with Gasteiger partial charge in [-0.25, -0.2) is 0 Å². The highest BCUT2D eigenvalue weighted by Crippen LogP contribution is 2.24. The summed E-state index contributed by atoms with van der Waals surface area (Å²) in [7, 11) is 0. The van der Waals surface area contributed by atoms with Crippen molar-refractivity contribution in [2.24, 2.45) is 0 Å². The molecule has 1 saturated carbocycles. The van der Waals surface area contributed by atoms with Gasteiger partial charge in [-0.3, -0.25) is 9.78 Å². The lowest BCUT2D eigenvalue weighted by Crippen LogP contribution is -2.40. The number of carbonyl (C=O) groups is 1. The topological polar surface area (TPSA) is 53.4 Å². The minimum absolute atomic E-state index is 0.0107. The van der Waals surface area contributed by atoms with E-state index in [1.165, 1.54) is 12.8 Å². The molecule has 1 aromatic heterocycles. The summed E-state index contributed by atoms with van der Waals surface area (Å²) in [6, 6.07) is 3.94. The maximum absolute atomic E-state index is 12.4. The van der Waals surface area contributed by atoms with Crippen LogP contribution >= 0.6 is 0 Å². The van der Waals surface area contributed by atoms with Gasteiger partial charge in [-0.05, 0) is 31.9 Å². The van der Waals surface area contributed by atoms with Gasteiger partial charge in [0.2, 0.25) is 0 Å². The number of amides is 1. The van der Waals surface area contributed by atoms with Crippen LogP contribution in [0.1, 0.15) is 41.7 Å². The predicted octanol–water partition coefficient (Wildman–Crippen LogP) is 1.77. The first kappa shape index (κ1) is 13.0. The van der Waals surface area contributed by atoms with Crippen LogP contribution in [-0.2, 0) is 0 Å². The minimum atomic E-state index is -0.0107. The van der Waals surface area contributed by atoms with E-state index in [1.807, 2.05) is 19.1 Å². The molecule has 0 radical (unpaired) electrons. The van der Waals surface area contributed by atoms with Crippen LogP contribution in [0.15, 0.2) is 18.3 Å². The molecule has 0 saturated heterocycles. The summed E-state index contributed by atoms with van der Waals surface area (Å²) in [4.78, 5) is 18.4. The van der Waals surface area contributed by atoms with Gasteiger partial charge >= 0.3 is 0 Å². The van der Waals surface area contributed by atoms with Crippen LogP contribution in [0.4, 0.5) is 0 Å². The molecule has 0 bridgehead atoms. The number of rotatable bonds is 4. The first-order chi connectivity index (χ1) is 8.72. The smallest absolute Gasteiger partial charge is 0.255 e. The molecule has 1 heterocycles. The third kappa shape index (κ3) is 2.88. The van der Waals surface area contributed by atoms with Gasteiger partial charge in [0.25, 0.3) is 5.91 Å². The Labute approximate surface area is 108 Å². The number of hydrogen-bond donors (Lipinski definition) is 1. The van der Waals surface area contributed by atoms with Crippen LogP contribution < -0.4 is 0 Å². The molecule has 1 N–H and O–H groups in total. The van der Waals surface area contributed by atoms with Crippen molar-refractivity contribution in [1.82, 2.24) is 9.88 Å². The van der Waals surface area contributed by atoms with Crippen molar-refractivity contribution in [2.45, 2.75) is 38.6 Å². The molecule has 1 amide bonds. The first-order valence-electron chi connectivity index (χ1n) is 6.57. The van der Waals surface area contributed by atoms with Gasteiger partial charge in [0.1, 0.15) is 0 Å². The Balaban J connectivity index is 2.14. The van der Waals surface area contributed by atoms with Crippen molar-refractivity contribution in [3.63, 3.8) is 0 Å². The lowest BCUT2D eigenvalue weighted by atomic mass is 10.1. The molecule has 2 rings (SSSR count). The largest absolute Gasteiger partial charge is 0.395 e. The van der Waals surface area contributed by atoms with Crippen LogP contribution in [0.2, 0.25) is 0 Å². The van der Waals surface area contributed by atoms with E-state index in [4.69, 9.17) is 5.11 Å². The number of aryl methyl sites for hydroxylation is 1. The summed E-state index contributed by atoms with van der Waals surface area (Å²) in [5.41, 5.74) is 1.52. The van der Waals surface area contributed by atoms with Crippen LogP contribution in [0.25, 0.3) is 0 Å². The van der Waals surface area contributed by atoms with Gasteiger partial charge in [0.05, 0.1) is 12.2 Å². The molecule has 0 aromatic carbocycles. The summed E-state index contributed by atoms with van der Waals surface area (Å²) in [6.45, 7) is 2.33. The third-order valence-electron chi connectivity index (χ3n) is 3.53. The summed E-state index contributed by atoms with van der Waals surface area (Å²) in [6.07, 6.45) is 6.06. The summed E-state index contributed by atoms with van der Waals surface area (Å²) in [5, 5.41) is 9.13. The van der Waals surface area contributed by atoms with Gasteiger partial charge in [0, 0.05) is 24.5 Å². The van der Waals surface area contributed by atoms with Crippen molar-refractivity contribution < 1.29 is 9.90 Å². The number of carbonyl (C=O) groups excluding carboxylic acids is 1. The second-order valence-corrected chi connectivity index (χ2v) is 4.85. The maximum atomic E-state index is 12.4. The van der Waals surface area contributed by atoms with Gasteiger partial charge in [-0.1, -0.05) is 12.8 Å². The monoisotopic (exact) mass is 248 g/mol. The van der Waals surface area contributed by atoms with E-state index in [0.717, 1.165) is 18.5 Å². The zero-order valence-electron chi connectivity index (χ0n) is 10.8. The molecule has 18 heavy (non-hydrogen) atoms. The first-order valence-corrected chi connectivity index (χ1v) is 6.57. The highest BCUT2D eigenvalue weighted by Gasteiger charge is 2.26. The highest BCUT2D eigenvalue weighted by molar-refractivity contribution is 5.94. The second kappa shape index (κ2) is 5.96. The average Bonchev–Trinajstić information content (AvgIpc) is 2.90. The van der Waals surface area contributed by atoms with Gasteiger partial charge < -0.3 is 10.0 Å². The van der Waals surface area contributed by atoms with Crippen molar-refractivity contribution in [1.29, 1.82) is 0 Å². The number of aromatic nitrogens is 1. The Kier molecular flexibility index (Phi) is 4.31. The molecular formula is C14H20N2O2. The SMILES string of the molecule is Cc1ccc(C(=O)N(CCO)C2CCCC2)cn1. The Morgan fingerprint density at radius 3 is 2.72 bits per heavy atom. The minimum Gasteiger partial charge on any atom is -0.395 e. The molecule has 0 aliphatic heterocycles. The summed E-state index contributed by atoms with van der Waals surface area (Å²) >= 11 is 0. The Bertz CT molecular complexity index is 397. The van der Waals surface area contributed by atoms with Crippen LogP contribution in [0.5, 0.6) is 0 Å². The zero-order valence-corrected chi connectivity index (χ0v) is 10.8. The van der Waals surface area contributed by atoms with E-state index in [1.54, 1.807) is 11.1 Å². The van der Waals surface area contributed by atoms with Gasteiger partial charge in [0.15, 0.2) is 0 Å². The molecule has 0 unspecified atom stereocenters. The molecule has 1 aliphatic rings. The fourth-order valence-electron chi connectivity index (χ4n) is 2.53. The fourth-order valence-corrected chi connectivity index (χ4v) is 2.53. The van der Waals surface area contributed by atoms with Crippen molar-refractivity contribution in [3.05, 3.63) is 29.6 Å². The number of pyridine rings is 1. The zero-order chi connectivity index (χ0) is 13.0. The maximum Gasteiger partial charge on any atom is 0.255 e. The van der Waals surface area contributed by atoms with E-state index >= 15 is 0 Å². The van der Waals surface area contributed by atoms with E-state index in [-0.39, 0.29) is 18.6 Å². The quantitative estimate of drug-likeness (QED) is 0.883. The molecule has 4 heteroatoms. The highest BCUT2D eigenvalue weighted by atomic mass is 16.3. The number of hydrogen-bond acceptors (Lipinski definition) is 3. The molecule has 98 valence electrons. The molecule has 0 spiro atoms. The van der Waals surface area contributed by atoms with Crippen LogP contribution in [0, 0.1) is 6.92 Å². The van der Waals surface area contributed by atoms with Crippen LogP contribution in [0.3, 0.4) is 0 Å². The van der Waals surface area contributed by atoms with Crippen molar-refractivity contribution in [3.8, 4) is 0 Å². The summed E-state index contributed by atoms with van der Waals surface area (Å²) < 4.78 is 0. The third-order valence-corrected chi connectivity index (χ3v) is 3.53. The van der Waals surface area contributed by atoms with E-state index in [0.29, 0.717) is 12.1 Å². The molecule has 1 aliphatic carbocycles. The normalized spacial score (nSPS) is 15.9. The Hall–Kier alpha value is -1.42. The number of aliphatic hydroxyl groups is 1. The lowest BCUT2D eigenvalue weighted by Gasteiger charge is -2.28. The standard InChI is InChI=1S/C14H20N2O2/c1-11-6-7-12(10-15-11)14(18)16(8-9-17)13-4-2-3-5-13/h6-7,10,13,17H,2-5,8-9H2,1H3. The lowest BCUT2D eigenvalue weighted by molar-refractivity contribution is 0.0637. The second-order valence-electron chi connectivity index (χ2n) is 4.85. The molecule has 0 atom stereocenters. The van der Waals surface area contributed by atoms with E-state index in [9.17, 15) is 4.79 Å². The van der Waals surface area contributed by atoms with Gasteiger partial charge in [-0.15, -0.1) is 0 Å². The number of aliphatic hydroxyl groups excluding tert-OH is 1. The fraction of sp³-hybridized carbons (Fsp3) is 0.571. The molecule has 1 fully saturated rings. The number of nitrogens with zero attached hydrogens (tertiary/aromatic N) is 2. The predicted molar refractivity (Wildman–Crippen MR) is 69.4 cm³/mol. The Morgan fingerprint density at radius 2 is 2.17 bits per heavy atom. The molecule has 4 nitrogen and oxygen atoms in total.